The lowest BCUT2D eigenvalue weighted by Gasteiger charge is -2.22. The Hall–Kier alpha value is -6.47. The molecule has 0 spiro atoms. The van der Waals surface area contributed by atoms with Crippen molar-refractivity contribution in [3.05, 3.63) is 124 Å². The number of methoxy groups -OCH3 is 2. The third-order valence-corrected chi connectivity index (χ3v) is 11.5. The van der Waals surface area contributed by atoms with Crippen LogP contribution in [-0.2, 0) is 30.8 Å². The maximum Gasteiger partial charge on any atom is 0.261 e. The molecule has 0 aliphatic carbocycles. The third kappa shape index (κ3) is 7.31. The van der Waals surface area contributed by atoms with Crippen LogP contribution in [0.4, 0.5) is 28.4 Å². The van der Waals surface area contributed by atoms with Gasteiger partial charge in [0.1, 0.15) is 13.2 Å². The molecule has 4 aliphatic heterocycles. The van der Waals surface area contributed by atoms with Gasteiger partial charge in [-0.15, -0.1) is 0 Å². The van der Waals surface area contributed by atoms with E-state index in [2.05, 4.69) is 29.3 Å². The van der Waals surface area contributed by atoms with E-state index in [4.69, 9.17) is 23.9 Å². The lowest BCUT2D eigenvalue weighted by molar-refractivity contribution is -0.116. The molecule has 300 valence electrons. The number of carbonyl (C=O) groups excluding carboxylic acids is 3. The second-order valence-electron chi connectivity index (χ2n) is 15.0. The monoisotopic (exact) mass is 809 g/mol. The van der Waals surface area contributed by atoms with Crippen molar-refractivity contribution in [3.63, 3.8) is 0 Å². The highest BCUT2D eigenvalue weighted by Crippen LogP contribution is 2.43. The summed E-state index contributed by atoms with van der Waals surface area (Å²) in [6.45, 7) is 0.818. The molecule has 9 rings (SSSR count). The van der Waals surface area contributed by atoms with E-state index in [0.29, 0.717) is 82.7 Å². The van der Waals surface area contributed by atoms with Gasteiger partial charge in [-0.3, -0.25) is 24.3 Å². The summed E-state index contributed by atoms with van der Waals surface area (Å²) < 4.78 is 24.3. The highest BCUT2D eigenvalue weighted by molar-refractivity contribution is 7.80. The Morgan fingerprint density at radius 3 is 2.10 bits per heavy atom. The molecule has 0 fully saturated rings. The number of nitrogens with zero attached hydrogens (tertiary/aromatic N) is 3. The summed E-state index contributed by atoms with van der Waals surface area (Å²) in [6, 6.07) is 28.4. The van der Waals surface area contributed by atoms with Gasteiger partial charge in [0.05, 0.1) is 48.8 Å². The number of carbonyl (C=O) groups is 3. The smallest absolute Gasteiger partial charge is 0.261 e. The number of aliphatic imine (C=N–C) groups is 1. The van der Waals surface area contributed by atoms with E-state index in [1.54, 1.807) is 30.2 Å². The van der Waals surface area contributed by atoms with Crippen molar-refractivity contribution >= 4 is 65.0 Å². The lowest BCUT2D eigenvalue weighted by Crippen LogP contribution is -2.39. The number of fused-ring (bicyclic) bond motifs is 8. The summed E-state index contributed by atoms with van der Waals surface area (Å²) in [4.78, 5) is 49.2. The Balaban J connectivity index is 0.963. The first-order valence-electron chi connectivity index (χ1n) is 19.7. The summed E-state index contributed by atoms with van der Waals surface area (Å²) in [5.74, 6) is 1.92. The van der Waals surface area contributed by atoms with Gasteiger partial charge in [0, 0.05) is 54.8 Å². The highest BCUT2D eigenvalue weighted by atomic mass is 32.1. The summed E-state index contributed by atoms with van der Waals surface area (Å²) in [6.07, 6.45) is 4.26. The largest absolute Gasteiger partial charge is 0.493 e. The van der Waals surface area contributed by atoms with Crippen molar-refractivity contribution in [2.24, 2.45) is 4.99 Å². The molecule has 0 unspecified atom stereocenters. The van der Waals surface area contributed by atoms with Crippen LogP contribution < -0.4 is 39.4 Å². The fourth-order valence-corrected chi connectivity index (χ4v) is 8.55. The first kappa shape index (κ1) is 38.1. The van der Waals surface area contributed by atoms with Crippen molar-refractivity contribution in [1.82, 2.24) is 0 Å². The molecule has 13 heteroatoms. The maximum atomic E-state index is 14.0. The SMILES string of the molecule is COc1cc2c(cc1OCc1cc(COc3cc4c(cc3OC)C(=O)N3c5ccccc5C[C@H]3CN4)cc(NC(=O)CCCS)c1)N=C[C@@H]1Cc3ccccc3N1C2=O. The number of benzene rings is 5. The fourth-order valence-electron chi connectivity index (χ4n) is 8.39. The molecule has 0 aromatic heterocycles. The van der Waals surface area contributed by atoms with Gasteiger partial charge in [0.15, 0.2) is 23.0 Å². The molecule has 5 aromatic carbocycles. The number of hydrogen-bond donors (Lipinski definition) is 3. The summed E-state index contributed by atoms with van der Waals surface area (Å²) in [7, 11) is 3.09. The zero-order chi connectivity index (χ0) is 40.6. The Bertz CT molecular complexity index is 2520. The van der Waals surface area contributed by atoms with Crippen molar-refractivity contribution in [2.45, 2.75) is 51.0 Å². The van der Waals surface area contributed by atoms with Crippen molar-refractivity contribution in [3.8, 4) is 23.0 Å². The molecule has 0 bridgehead atoms. The number of para-hydroxylation sites is 2. The molecule has 4 heterocycles. The summed E-state index contributed by atoms with van der Waals surface area (Å²) >= 11 is 4.26. The molecule has 4 aliphatic rings. The number of rotatable bonds is 12. The molecular formula is C46H43N5O7S. The van der Waals surface area contributed by atoms with E-state index in [9.17, 15) is 14.4 Å². The van der Waals surface area contributed by atoms with Gasteiger partial charge >= 0.3 is 0 Å². The van der Waals surface area contributed by atoms with Gasteiger partial charge in [-0.25, -0.2) is 0 Å². The Morgan fingerprint density at radius 2 is 1.41 bits per heavy atom. The molecule has 0 saturated carbocycles. The molecule has 3 amide bonds. The van der Waals surface area contributed by atoms with Crippen molar-refractivity contribution in [1.29, 1.82) is 0 Å². The van der Waals surface area contributed by atoms with E-state index in [0.717, 1.165) is 40.0 Å². The number of ether oxygens (including phenoxy) is 4. The van der Waals surface area contributed by atoms with Crippen LogP contribution in [0.15, 0.2) is 96.0 Å². The molecular weight excluding hydrogens is 767 g/mol. The molecule has 0 radical (unpaired) electrons. The van der Waals surface area contributed by atoms with Crippen LogP contribution in [0.2, 0.25) is 0 Å². The van der Waals surface area contributed by atoms with Crippen LogP contribution in [0.5, 0.6) is 23.0 Å². The second kappa shape index (κ2) is 16.1. The fraction of sp³-hybridized carbons (Fsp3) is 0.261. The number of thiol groups is 1. The van der Waals surface area contributed by atoms with E-state index in [-0.39, 0.29) is 43.0 Å². The Morgan fingerprint density at radius 1 is 0.780 bits per heavy atom. The average molecular weight is 810 g/mol. The van der Waals surface area contributed by atoms with Crippen LogP contribution in [-0.4, -0.2) is 62.5 Å². The zero-order valence-corrected chi connectivity index (χ0v) is 33.6. The molecule has 5 aromatic rings. The predicted octanol–water partition coefficient (Wildman–Crippen LogP) is 7.79. The minimum absolute atomic E-state index is 0.00845. The van der Waals surface area contributed by atoms with E-state index in [1.807, 2.05) is 77.8 Å². The van der Waals surface area contributed by atoms with Gasteiger partial charge < -0.3 is 34.5 Å². The second-order valence-corrected chi connectivity index (χ2v) is 15.4. The number of amides is 3. The van der Waals surface area contributed by atoms with Crippen LogP contribution in [0.1, 0.15) is 55.8 Å². The van der Waals surface area contributed by atoms with Crippen LogP contribution >= 0.6 is 12.6 Å². The van der Waals surface area contributed by atoms with Gasteiger partial charge in [-0.05, 0) is 83.3 Å². The van der Waals surface area contributed by atoms with Gasteiger partial charge in [0.2, 0.25) is 5.91 Å². The molecule has 2 atom stereocenters. The highest BCUT2D eigenvalue weighted by Gasteiger charge is 2.38. The average Bonchev–Trinajstić information content (AvgIpc) is 3.75. The summed E-state index contributed by atoms with van der Waals surface area (Å²) in [5, 5.41) is 6.49. The number of anilines is 4. The van der Waals surface area contributed by atoms with Crippen LogP contribution in [0.3, 0.4) is 0 Å². The molecule has 0 saturated heterocycles. The molecule has 12 nitrogen and oxygen atoms in total. The van der Waals surface area contributed by atoms with Crippen LogP contribution in [0.25, 0.3) is 0 Å². The predicted molar refractivity (Wildman–Crippen MR) is 231 cm³/mol. The minimum atomic E-state index is -0.186. The zero-order valence-electron chi connectivity index (χ0n) is 32.7. The lowest BCUT2D eigenvalue weighted by atomic mass is 10.1. The van der Waals surface area contributed by atoms with Gasteiger partial charge in [-0.2, -0.15) is 12.6 Å². The standard InChI is InChI=1S/C46H43N5O7S/c1-55-40-19-34-36(47-23-32-17-29-8-3-5-10-38(29)50(32)45(34)53)21-42(40)57-25-27-14-28(16-31(15-27)49-44(52)12-7-13-59)26-58-43-22-37-35(20-41(43)56-2)46(54)51-33(24-48-37)18-30-9-4-6-11-39(30)51/h3-6,8-11,14-16,19-23,32-33,48,59H,7,12-13,17-18,24-26H2,1-2H3,(H,49,52)/t32-,33-/m0/s1. The molecule has 59 heavy (non-hydrogen) atoms. The number of hydrogen-bond acceptors (Lipinski definition) is 10. The van der Waals surface area contributed by atoms with Gasteiger partial charge in [-0.1, -0.05) is 36.4 Å². The maximum absolute atomic E-state index is 14.0. The van der Waals surface area contributed by atoms with E-state index < -0.39 is 0 Å². The normalized spacial score (nSPS) is 17.0. The first-order chi connectivity index (χ1) is 28.8. The van der Waals surface area contributed by atoms with Crippen molar-refractivity contribution in [2.75, 3.05) is 47.0 Å². The summed E-state index contributed by atoms with van der Waals surface area (Å²) in [5.41, 5.74) is 8.28. The minimum Gasteiger partial charge on any atom is -0.493 e. The first-order valence-corrected chi connectivity index (χ1v) is 20.3. The van der Waals surface area contributed by atoms with E-state index in [1.165, 1.54) is 7.11 Å². The number of nitrogens with one attached hydrogen (secondary N) is 2. The quantitative estimate of drug-likeness (QED) is 0.109. The molecule has 2 N–H and O–H groups in total. The van der Waals surface area contributed by atoms with Crippen molar-refractivity contribution < 1.29 is 33.3 Å². The third-order valence-electron chi connectivity index (χ3n) is 11.2. The van der Waals surface area contributed by atoms with Gasteiger partial charge in [0.25, 0.3) is 11.8 Å². The van der Waals surface area contributed by atoms with Crippen LogP contribution in [0, 0.1) is 0 Å². The Labute approximate surface area is 347 Å². The Kier molecular flexibility index (Phi) is 10.4. The van der Waals surface area contributed by atoms with E-state index >= 15 is 0 Å². The topological polar surface area (TPSA) is 131 Å².